The van der Waals surface area contributed by atoms with E-state index in [-0.39, 0.29) is 0 Å². The molecule has 1 N–H and O–H groups in total. The second-order valence-electron chi connectivity index (χ2n) is 3.72. The third-order valence-corrected chi connectivity index (χ3v) is 2.79. The van der Waals surface area contributed by atoms with Crippen LogP contribution in [0.4, 0.5) is 0 Å². The molecule has 0 radical (unpaired) electrons. The van der Waals surface area contributed by atoms with Crippen molar-refractivity contribution in [3.05, 3.63) is 11.6 Å². The van der Waals surface area contributed by atoms with Gasteiger partial charge in [0.1, 0.15) is 0 Å². The highest BCUT2D eigenvalue weighted by Crippen LogP contribution is 2.32. The van der Waals surface area contributed by atoms with Gasteiger partial charge in [0, 0.05) is 0 Å². The van der Waals surface area contributed by atoms with Gasteiger partial charge in [-0.1, -0.05) is 25.0 Å². The van der Waals surface area contributed by atoms with Crippen molar-refractivity contribution in [2.45, 2.75) is 39.5 Å². The third-order valence-electron chi connectivity index (χ3n) is 2.79. The molecule has 0 aromatic carbocycles. The molecule has 0 aromatic rings. The van der Waals surface area contributed by atoms with Crippen molar-refractivity contribution in [3.8, 4) is 0 Å². The zero-order valence-electron chi connectivity index (χ0n) is 8.40. The summed E-state index contributed by atoms with van der Waals surface area (Å²) in [5.74, 6) is 0.937. The van der Waals surface area contributed by atoms with Crippen molar-refractivity contribution in [1.82, 2.24) is 5.32 Å². The summed E-state index contributed by atoms with van der Waals surface area (Å²) in [6.45, 7) is 6.68. The summed E-state index contributed by atoms with van der Waals surface area (Å²) in [6, 6.07) is 0. The number of hydrogen-bond acceptors (Lipinski definition) is 1. The van der Waals surface area contributed by atoms with Crippen molar-refractivity contribution in [3.63, 3.8) is 0 Å². The van der Waals surface area contributed by atoms with Crippen LogP contribution in [-0.2, 0) is 0 Å². The molecule has 0 unspecified atom stereocenters. The fraction of sp³-hybridized carbons (Fsp3) is 0.818. The van der Waals surface area contributed by atoms with Crippen LogP contribution in [0.1, 0.15) is 39.5 Å². The fourth-order valence-corrected chi connectivity index (χ4v) is 1.61. The predicted molar refractivity (Wildman–Crippen MR) is 54.3 cm³/mol. The minimum Gasteiger partial charge on any atom is -0.317 e. The maximum atomic E-state index is 3.33. The zero-order valence-corrected chi connectivity index (χ0v) is 8.40. The van der Waals surface area contributed by atoms with Gasteiger partial charge in [0.05, 0.1) is 0 Å². The highest BCUT2D eigenvalue weighted by Gasteiger charge is 2.17. The Labute approximate surface area is 76.2 Å². The molecule has 1 aliphatic carbocycles. The van der Waals surface area contributed by atoms with Gasteiger partial charge >= 0.3 is 0 Å². The van der Waals surface area contributed by atoms with E-state index < -0.39 is 0 Å². The molecule has 12 heavy (non-hydrogen) atoms. The van der Waals surface area contributed by atoms with Gasteiger partial charge in [-0.15, -0.1) is 0 Å². The Morgan fingerprint density at radius 3 is 2.75 bits per heavy atom. The van der Waals surface area contributed by atoms with Crippen LogP contribution in [0, 0.1) is 5.92 Å². The Balaban J connectivity index is 2.08. The quantitative estimate of drug-likeness (QED) is 0.490. The molecule has 1 fully saturated rings. The molecule has 1 rings (SSSR count). The van der Waals surface area contributed by atoms with Gasteiger partial charge in [0.25, 0.3) is 0 Å². The lowest BCUT2D eigenvalue weighted by atomic mass is 9.80. The Morgan fingerprint density at radius 2 is 2.25 bits per heavy atom. The molecule has 0 atom stereocenters. The smallest absolute Gasteiger partial charge is 0.00143 e. The molecular weight excluding hydrogens is 146 g/mol. The zero-order chi connectivity index (χ0) is 8.81. The summed E-state index contributed by atoms with van der Waals surface area (Å²) in [5, 5.41) is 3.33. The monoisotopic (exact) mass is 167 g/mol. The SMILES string of the molecule is CCNCC/C=C(/C)C1CCC1. The first-order valence-corrected chi connectivity index (χ1v) is 5.22. The molecule has 0 spiro atoms. The first-order chi connectivity index (χ1) is 5.84. The molecule has 0 saturated heterocycles. The van der Waals surface area contributed by atoms with Gasteiger partial charge in [-0.2, -0.15) is 0 Å². The highest BCUT2D eigenvalue weighted by molar-refractivity contribution is 5.06. The van der Waals surface area contributed by atoms with E-state index in [2.05, 4.69) is 25.2 Å². The molecule has 0 aromatic heterocycles. The summed E-state index contributed by atoms with van der Waals surface area (Å²) in [5.41, 5.74) is 1.62. The Kier molecular flexibility index (Phi) is 4.37. The lowest BCUT2D eigenvalue weighted by Gasteiger charge is -2.26. The Bertz CT molecular complexity index is 145. The summed E-state index contributed by atoms with van der Waals surface area (Å²) >= 11 is 0. The van der Waals surface area contributed by atoms with Crippen LogP contribution in [0.3, 0.4) is 0 Å². The van der Waals surface area contributed by atoms with Gasteiger partial charge in [0.15, 0.2) is 0 Å². The number of hydrogen-bond donors (Lipinski definition) is 1. The first-order valence-electron chi connectivity index (χ1n) is 5.22. The van der Waals surface area contributed by atoms with Gasteiger partial charge in [-0.05, 0) is 45.2 Å². The van der Waals surface area contributed by atoms with Gasteiger partial charge < -0.3 is 5.32 Å². The molecule has 1 saturated carbocycles. The molecule has 0 heterocycles. The second kappa shape index (κ2) is 5.36. The first kappa shape index (κ1) is 9.79. The van der Waals surface area contributed by atoms with E-state index in [0.717, 1.165) is 19.0 Å². The van der Waals surface area contributed by atoms with Crippen molar-refractivity contribution in [1.29, 1.82) is 0 Å². The number of allylic oxidation sites excluding steroid dienone is 1. The predicted octanol–water partition coefficient (Wildman–Crippen LogP) is 2.73. The lowest BCUT2D eigenvalue weighted by molar-refractivity contribution is 0.367. The minimum atomic E-state index is 0.937. The second-order valence-corrected chi connectivity index (χ2v) is 3.72. The summed E-state index contributed by atoms with van der Waals surface area (Å²) < 4.78 is 0. The average molecular weight is 167 g/mol. The van der Waals surface area contributed by atoms with Crippen LogP contribution in [-0.4, -0.2) is 13.1 Å². The summed E-state index contributed by atoms with van der Waals surface area (Å²) in [4.78, 5) is 0. The molecule has 0 bridgehead atoms. The number of nitrogens with one attached hydrogen (secondary N) is 1. The van der Waals surface area contributed by atoms with Crippen LogP contribution < -0.4 is 5.32 Å². The highest BCUT2D eigenvalue weighted by atomic mass is 14.8. The van der Waals surface area contributed by atoms with Gasteiger partial charge in [-0.25, -0.2) is 0 Å². The van der Waals surface area contributed by atoms with E-state index in [1.54, 1.807) is 5.57 Å². The van der Waals surface area contributed by atoms with E-state index in [9.17, 15) is 0 Å². The summed E-state index contributed by atoms with van der Waals surface area (Å²) in [6.07, 6.45) is 7.93. The largest absolute Gasteiger partial charge is 0.317 e. The van der Waals surface area contributed by atoms with Crippen molar-refractivity contribution in [2.75, 3.05) is 13.1 Å². The molecular formula is C11H21N. The van der Waals surface area contributed by atoms with Crippen molar-refractivity contribution in [2.24, 2.45) is 5.92 Å². The van der Waals surface area contributed by atoms with E-state index in [0.29, 0.717) is 0 Å². The Hall–Kier alpha value is -0.300. The third kappa shape index (κ3) is 2.98. The van der Waals surface area contributed by atoms with Crippen LogP contribution >= 0.6 is 0 Å². The van der Waals surface area contributed by atoms with Crippen molar-refractivity contribution < 1.29 is 0 Å². The van der Waals surface area contributed by atoms with E-state index >= 15 is 0 Å². The van der Waals surface area contributed by atoms with Crippen LogP contribution in [0.2, 0.25) is 0 Å². The maximum absolute atomic E-state index is 3.33. The summed E-state index contributed by atoms with van der Waals surface area (Å²) in [7, 11) is 0. The Morgan fingerprint density at radius 1 is 1.50 bits per heavy atom. The molecule has 70 valence electrons. The average Bonchev–Trinajstić information content (AvgIpc) is 1.95. The fourth-order valence-electron chi connectivity index (χ4n) is 1.61. The normalized spacial score (nSPS) is 19.3. The molecule has 1 nitrogen and oxygen atoms in total. The van der Waals surface area contributed by atoms with Crippen molar-refractivity contribution >= 4 is 0 Å². The lowest BCUT2D eigenvalue weighted by Crippen LogP contribution is -2.15. The molecule has 1 aliphatic rings. The van der Waals surface area contributed by atoms with E-state index in [1.165, 1.54) is 25.7 Å². The van der Waals surface area contributed by atoms with Crippen LogP contribution in [0.15, 0.2) is 11.6 Å². The standard InChI is InChI=1S/C11H21N/c1-3-12-9-5-6-10(2)11-7-4-8-11/h6,11-12H,3-5,7-9H2,1-2H3/b10-6-. The number of rotatable bonds is 5. The van der Waals surface area contributed by atoms with Crippen LogP contribution in [0.5, 0.6) is 0 Å². The van der Waals surface area contributed by atoms with Crippen LogP contribution in [0.25, 0.3) is 0 Å². The molecule has 0 amide bonds. The molecule has 1 heteroatoms. The van der Waals surface area contributed by atoms with E-state index in [1.807, 2.05) is 0 Å². The molecule has 0 aliphatic heterocycles. The van der Waals surface area contributed by atoms with E-state index in [4.69, 9.17) is 0 Å². The van der Waals surface area contributed by atoms with Gasteiger partial charge in [-0.3, -0.25) is 0 Å². The topological polar surface area (TPSA) is 12.0 Å². The van der Waals surface area contributed by atoms with Gasteiger partial charge in [0.2, 0.25) is 0 Å². The minimum absolute atomic E-state index is 0.937. The maximum Gasteiger partial charge on any atom is -0.00143 e.